The van der Waals surface area contributed by atoms with E-state index in [1.807, 2.05) is 18.2 Å². The molecule has 3 aromatic rings. The highest BCUT2D eigenvalue weighted by atomic mass is 16.5. The van der Waals surface area contributed by atoms with E-state index >= 15 is 0 Å². The Balaban J connectivity index is 1.31. The molecule has 1 aliphatic rings. The van der Waals surface area contributed by atoms with Crippen LogP contribution < -0.4 is 10.9 Å². The second kappa shape index (κ2) is 8.82. The van der Waals surface area contributed by atoms with E-state index in [-0.39, 0.29) is 36.4 Å². The van der Waals surface area contributed by atoms with Gasteiger partial charge in [0.05, 0.1) is 12.6 Å². The summed E-state index contributed by atoms with van der Waals surface area (Å²) >= 11 is 0. The number of rotatable bonds is 6. The van der Waals surface area contributed by atoms with Gasteiger partial charge in [-0.25, -0.2) is 4.79 Å². The van der Waals surface area contributed by atoms with E-state index in [1.54, 1.807) is 24.4 Å². The molecule has 0 fully saturated rings. The Kier molecular flexibility index (Phi) is 5.79. The summed E-state index contributed by atoms with van der Waals surface area (Å²) in [4.78, 5) is 36.3. The third kappa shape index (κ3) is 4.51. The minimum atomic E-state index is -0.721. The number of pyridine rings is 1. The molecule has 30 heavy (non-hydrogen) atoms. The minimum Gasteiger partial charge on any atom is -0.452 e. The van der Waals surface area contributed by atoms with Crippen LogP contribution in [0.25, 0.3) is 0 Å². The summed E-state index contributed by atoms with van der Waals surface area (Å²) < 4.78 is 12.0. The molecular weight excluding hydrogens is 384 g/mol. The van der Waals surface area contributed by atoms with Crippen molar-refractivity contribution in [3.63, 3.8) is 0 Å². The molecule has 0 saturated heterocycles. The predicted octanol–water partition coefficient (Wildman–Crippen LogP) is 2.84. The van der Waals surface area contributed by atoms with E-state index in [0.717, 1.165) is 24.8 Å². The van der Waals surface area contributed by atoms with E-state index in [9.17, 15) is 14.4 Å². The normalized spacial score (nSPS) is 15.3. The number of nitrogens with one attached hydrogen (secondary N) is 1. The second-order valence-electron chi connectivity index (χ2n) is 7.22. The maximum Gasteiger partial charge on any atom is 0.374 e. The first-order valence-electron chi connectivity index (χ1n) is 9.88. The number of nitrogens with zero attached hydrogens (tertiary/aromatic N) is 1. The summed E-state index contributed by atoms with van der Waals surface area (Å²) in [6.07, 6.45) is 4.50. The lowest BCUT2D eigenvalue weighted by Gasteiger charge is -2.26. The summed E-state index contributed by atoms with van der Waals surface area (Å²) in [5.74, 6) is -0.642. The van der Waals surface area contributed by atoms with Crippen LogP contribution in [0.4, 0.5) is 0 Å². The average Bonchev–Trinajstić information content (AvgIpc) is 3.23. The summed E-state index contributed by atoms with van der Waals surface area (Å²) in [7, 11) is 0. The van der Waals surface area contributed by atoms with Gasteiger partial charge in [0, 0.05) is 12.3 Å². The lowest BCUT2D eigenvalue weighted by molar-refractivity contribution is -0.125. The number of carbonyl (C=O) groups is 2. The SMILES string of the molecule is O=C(COC(=O)c1ccc(Cn2ccccc2=O)o1)NC1CCCc2ccccc21. The number of ether oxygens (including phenoxy) is 1. The highest BCUT2D eigenvalue weighted by molar-refractivity contribution is 5.89. The van der Waals surface area contributed by atoms with Gasteiger partial charge in [0.15, 0.2) is 6.61 Å². The van der Waals surface area contributed by atoms with Crippen molar-refractivity contribution < 1.29 is 18.7 Å². The van der Waals surface area contributed by atoms with Gasteiger partial charge in [0.1, 0.15) is 5.76 Å². The molecule has 1 atom stereocenters. The van der Waals surface area contributed by atoms with E-state index in [1.165, 1.54) is 22.3 Å². The molecule has 1 unspecified atom stereocenters. The van der Waals surface area contributed by atoms with Crippen LogP contribution in [0.5, 0.6) is 0 Å². The topological polar surface area (TPSA) is 90.5 Å². The fourth-order valence-electron chi connectivity index (χ4n) is 3.67. The van der Waals surface area contributed by atoms with E-state index in [2.05, 4.69) is 11.4 Å². The Hall–Kier alpha value is -3.61. The number of carbonyl (C=O) groups excluding carboxylic acids is 2. The Morgan fingerprint density at radius 3 is 2.80 bits per heavy atom. The van der Waals surface area contributed by atoms with E-state index < -0.39 is 5.97 Å². The van der Waals surface area contributed by atoms with Gasteiger partial charge >= 0.3 is 5.97 Å². The zero-order valence-corrected chi connectivity index (χ0v) is 16.4. The molecule has 2 heterocycles. The van der Waals surface area contributed by atoms with Crippen molar-refractivity contribution in [2.24, 2.45) is 0 Å². The first-order valence-corrected chi connectivity index (χ1v) is 9.88. The van der Waals surface area contributed by atoms with Gasteiger partial charge in [-0.3, -0.25) is 9.59 Å². The third-order valence-corrected chi connectivity index (χ3v) is 5.13. The highest BCUT2D eigenvalue weighted by Gasteiger charge is 2.22. The second-order valence-corrected chi connectivity index (χ2v) is 7.22. The van der Waals surface area contributed by atoms with E-state index in [4.69, 9.17) is 9.15 Å². The number of hydrogen-bond acceptors (Lipinski definition) is 5. The van der Waals surface area contributed by atoms with Gasteiger partial charge in [-0.2, -0.15) is 0 Å². The zero-order chi connectivity index (χ0) is 20.9. The Morgan fingerprint density at radius 2 is 1.93 bits per heavy atom. The maximum atomic E-state index is 12.3. The largest absolute Gasteiger partial charge is 0.452 e. The van der Waals surface area contributed by atoms with Crippen LogP contribution in [0.1, 0.15) is 46.3 Å². The van der Waals surface area contributed by atoms with Crippen LogP contribution >= 0.6 is 0 Å². The van der Waals surface area contributed by atoms with Crippen molar-refractivity contribution in [3.8, 4) is 0 Å². The number of aryl methyl sites for hydroxylation is 1. The molecule has 1 aliphatic carbocycles. The molecule has 4 rings (SSSR count). The molecule has 7 heteroatoms. The minimum absolute atomic E-state index is 0.00945. The molecule has 0 bridgehead atoms. The number of aromatic nitrogens is 1. The van der Waals surface area contributed by atoms with Crippen molar-refractivity contribution in [1.29, 1.82) is 0 Å². The lowest BCUT2D eigenvalue weighted by atomic mass is 9.88. The number of amides is 1. The van der Waals surface area contributed by atoms with E-state index in [0.29, 0.717) is 5.76 Å². The number of benzene rings is 1. The standard InChI is InChI=1S/C23H22N2O5/c26-21(24-19-9-5-7-16-6-1-2-8-18(16)19)15-29-23(28)20-12-11-17(30-20)14-25-13-4-3-10-22(25)27/h1-4,6,8,10-13,19H,5,7,9,14-15H2,(H,24,26). The Labute approximate surface area is 173 Å². The molecule has 1 aromatic carbocycles. The van der Waals surface area contributed by atoms with Crippen LogP contribution in [0, 0.1) is 0 Å². The number of esters is 1. The molecule has 1 N–H and O–H groups in total. The zero-order valence-electron chi connectivity index (χ0n) is 16.4. The molecule has 0 spiro atoms. The molecule has 0 saturated carbocycles. The maximum absolute atomic E-state index is 12.3. The van der Waals surface area contributed by atoms with Crippen LogP contribution in [-0.4, -0.2) is 23.1 Å². The quantitative estimate of drug-likeness (QED) is 0.636. The van der Waals surface area contributed by atoms with Crippen molar-refractivity contribution in [3.05, 3.63) is 93.8 Å². The van der Waals surface area contributed by atoms with Gasteiger partial charge in [0.25, 0.3) is 11.5 Å². The fourth-order valence-corrected chi connectivity index (χ4v) is 3.67. The first kappa shape index (κ1) is 19.7. The molecule has 0 aliphatic heterocycles. The fraction of sp³-hybridized carbons (Fsp3) is 0.261. The van der Waals surface area contributed by atoms with Crippen molar-refractivity contribution in [1.82, 2.24) is 9.88 Å². The van der Waals surface area contributed by atoms with Crippen molar-refractivity contribution >= 4 is 11.9 Å². The van der Waals surface area contributed by atoms with Crippen LogP contribution in [0.2, 0.25) is 0 Å². The molecular formula is C23H22N2O5. The van der Waals surface area contributed by atoms with Gasteiger partial charge in [-0.1, -0.05) is 30.3 Å². The number of fused-ring (bicyclic) bond motifs is 1. The van der Waals surface area contributed by atoms with Gasteiger partial charge in [-0.15, -0.1) is 0 Å². The third-order valence-electron chi connectivity index (χ3n) is 5.13. The van der Waals surface area contributed by atoms with Crippen LogP contribution in [-0.2, 0) is 22.5 Å². The first-order chi connectivity index (χ1) is 14.6. The Morgan fingerprint density at radius 1 is 1.10 bits per heavy atom. The van der Waals surface area contributed by atoms with Crippen LogP contribution in [0.3, 0.4) is 0 Å². The summed E-state index contributed by atoms with van der Waals surface area (Å²) in [6.45, 7) is -0.180. The predicted molar refractivity (Wildman–Crippen MR) is 109 cm³/mol. The van der Waals surface area contributed by atoms with Crippen molar-refractivity contribution in [2.45, 2.75) is 31.8 Å². The number of hydrogen-bond donors (Lipinski definition) is 1. The molecule has 1 amide bonds. The molecule has 2 aromatic heterocycles. The summed E-state index contributed by atoms with van der Waals surface area (Å²) in [5.41, 5.74) is 2.20. The average molecular weight is 406 g/mol. The molecule has 0 radical (unpaired) electrons. The Bertz CT molecular complexity index is 1110. The van der Waals surface area contributed by atoms with Gasteiger partial charge < -0.3 is 19.0 Å². The monoisotopic (exact) mass is 406 g/mol. The number of furan rings is 1. The lowest BCUT2D eigenvalue weighted by Crippen LogP contribution is -2.34. The smallest absolute Gasteiger partial charge is 0.374 e. The van der Waals surface area contributed by atoms with Gasteiger partial charge in [-0.05, 0) is 48.6 Å². The molecule has 7 nitrogen and oxygen atoms in total. The van der Waals surface area contributed by atoms with Crippen molar-refractivity contribution in [2.75, 3.05) is 6.61 Å². The summed E-state index contributed by atoms with van der Waals surface area (Å²) in [5, 5.41) is 2.94. The van der Waals surface area contributed by atoms with Crippen LogP contribution in [0.15, 0.2) is 70.0 Å². The highest BCUT2D eigenvalue weighted by Crippen LogP contribution is 2.29. The van der Waals surface area contributed by atoms with Gasteiger partial charge in [0.2, 0.25) is 5.76 Å². The summed E-state index contributed by atoms with van der Waals surface area (Å²) in [6, 6.07) is 15.9. The molecule has 154 valence electrons.